The van der Waals surface area contributed by atoms with E-state index in [1.165, 1.54) is 0 Å². The van der Waals surface area contributed by atoms with E-state index in [1.807, 2.05) is 38.4 Å². The number of nitrogens with one attached hydrogen (secondary N) is 1. The minimum absolute atomic E-state index is 0.171. The van der Waals surface area contributed by atoms with Gasteiger partial charge in [-0.2, -0.15) is 0 Å². The summed E-state index contributed by atoms with van der Waals surface area (Å²) in [6.07, 6.45) is 0.676. The molecule has 14 heavy (non-hydrogen) atoms. The first-order chi connectivity index (χ1) is 6.65. The summed E-state index contributed by atoms with van der Waals surface area (Å²) in [6.45, 7) is 0.171. The molecule has 0 unspecified atom stereocenters. The Bertz CT molecular complexity index is 304. The second-order valence-electron chi connectivity index (χ2n) is 3.41. The van der Waals surface area contributed by atoms with Crippen LogP contribution < -0.4 is 0 Å². The predicted molar refractivity (Wildman–Crippen MR) is 57.7 cm³/mol. The topological polar surface area (TPSA) is 47.3 Å². The molecule has 3 nitrogen and oxygen atoms in total. The van der Waals surface area contributed by atoms with E-state index in [0.717, 1.165) is 11.1 Å². The fourth-order valence-corrected chi connectivity index (χ4v) is 1.22. The first-order valence-corrected chi connectivity index (χ1v) is 4.61. The molecule has 0 radical (unpaired) electrons. The van der Waals surface area contributed by atoms with Crippen LogP contribution in [0, 0.1) is 5.41 Å². The van der Waals surface area contributed by atoms with Crippen LogP contribution in [0.3, 0.4) is 0 Å². The Morgan fingerprint density at radius 2 is 1.86 bits per heavy atom. The van der Waals surface area contributed by atoms with Gasteiger partial charge in [0.15, 0.2) is 0 Å². The maximum atomic E-state index is 8.74. The maximum absolute atomic E-state index is 8.74. The van der Waals surface area contributed by atoms with Crippen LogP contribution in [-0.4, -0.2) is 36.5 Å². The monoisotopic (exact) mass is 192 g/mol. The molecule has 0 aromatic heterocycles. The van der Waals surface area contributed by atoms with Gasteiger partial charge in [-0.25, -0.2) is 0 Å². The summed E-state index contributed by atoms with van der Waals surface area (Å²) in [7, 11) is 3.70. The molecule has 3 heteroatoms. The molecule has 0 atom stereocenters. The fourth-order valence-electron chi connectivity index (χ4n) is 1.22. The van der Waals surface area contributed by atoms with Crippen molar-refractivity contribution in [2.45, 2.75) is 6.42 Å². The molecular formula is C11H16N2O. The van der Waals surface area contributed by atoms with Crippen molar-refractivity contribution in [3.8, 4) is 0 Å². The van der Waals surface area contributed by atoms with Gasteiger partial charge in [0.2, 0.25) is 0 Å². The minimum atomic E-state index is 0.171. The molecule has 1 aromatic carbocycles. The second kappa shape index (κ2) is 4.77. The van der Waals surface area contributed by atoms with Gasteiger partial charge in [-0.05, 0) is 12.0 Å². The summed E-state index contributed by atoms with van der Waals surface area (Å²) in [5.74, 6) is 0.501. The number of hydrogen-bond donors (Lipinski definition) is 2. The molecule has 1 aromatic rings. The van der Waals surface area contributed by atoms with Gasteiger partial charge in [-0.1, -0.05) is 24.3 Å². The van der Waals surface area contributed by atoms with Gasteiger partial charge < -0.3 is 10.0 Å². The van der Waals surface area contributed by atoms with Crippen molar-refractivity contribution in [2.75, 3.05) is 20.7 Å². The lowest BCUT2D eigenvalue weighted by atomic mass is 10.1. The Morgan fingerprint density at radius 1 is 1.29 bits per heavy atom. The molecule has 0 aliphatic carbocycles. The van der Waals surface area contributed by atoms with E-state index in [0.29, 0.717) is 12.3 Å². The molecule has 0 bridgehead atoms. The smallest absolute Gasteiger partial charge is 0.127 e. The van der Waals surface area contributed by atoms with Gasteiger partial charge in [-0.3, -0.25) is 5.41 Å². The van der Waals surface area contributed by atoms with E-state index in [9.17, 15) is 0 Å². The van der Waals surface area contributed by atoms with E-state index in [4.69, 9.17) is 10.5 Å². The summed E-state index contributed by atoms with van der Waals surface area (Å²) >= 11 is 0. The van der Waals surface area contributed by atoms with Crippen molar-refractivity contribution in [1.29, 1.82) is 5.41 Å². The quantitative estimate of drug-likeness (QED) is 0.556. The molecule has 0 aliphatic rings. The van der Waals surface area contributed by atoms with Gasteiger partial charge in [-0.15, -0.1) is 0 Å². The summed E-state index contributed by atoms with van der Waals surface area (Å²) in [5, 5.41) is 16.5. The van der Waals surface area contributed by atoms with Gasteiger partial charge >= 0.3 is 0 Å². The van der Waals surface area contributed by atoms with E-state index in [-0.39, 0.29) is 6.61 Å². The Labute approximate surface area is 84.5 Å². The van der Waals surface area contributed by atoms with E-state index >= 15 is 0 Å². The second-order valence-corrected chi connectivity index (χ2v) is 3.41. The molecule has 0 heterocycles. The van der Waals surface area contributed by atoms with E-state index in [1.54, 1.807) is 4.90 Å². The average Bonchev–Trinajstić information content (AvgIpc) is 2.18. The van der Waals surface area contributed by atoms with Gasteiger partial charge in [0.25, 0.3) is 0 Å². The minimum Gasteiger partial charge on any atom is -0.396 e. The van der Waals surface area contributed by atoms with Crippen LogP contribution in [0.1, 0.15) is 11.1 Å². The lowest BCUT2D eigenvalue weighted by Crippen LogP contribution is -2.21. The molecule has 0 aliphatic heterocycles. The Morgan fingerprint density at radius 3 is 2.29 bits per heavy atom. The maximum Gasteiger partial charge on any atom is 0.127 e. The molecule has 2 N–H and O–H groups in total. The number of nitrogens with zero attached hydrogens (tertiary/aromatic N) is 1. The van der Waals surface area contributed by atoms with Crippen LogP contribution in [0.15, 0.2) is 24.3 Å². The number of amidine groups is 1. The Hall–Kier alpha value is -1.35. The third-order valence-corrected chi connectivity index (χ3v) is 2.08. The average molecular weight is 192 g/mol. The molecule has 0 saturated heterocycles. The third-order valence-electron chi connectivity index (χ3n) is 2.08. The van der Waals surface area contributed by atoms with Crippen LogP contribution in [0.5, 0.6) is 0 Å². The summed E-state index contributed by atoms with van der Waals surface area (Å²) in [6, 6.07) is 7.72. The van der Waals surface area contributed by atoms with Crippen LogP contribution in [0.4, 0.5) is 0 Å². The van der Waals surface area contributed by atoms with Crippen LogP contribution in [0.25, 0.3) is 0 Å². The highest BCUT2D eigenvalue weighted by Crippen LogP contribution is 2.06. The van der Waals surface area contributed by atoms with Crippen LogP contribution in [-0.2, 0) is 6.42 Å². The number of benzene rings is 1. The number of rotatable bonds is 3. The highest BCUT2D eigenvalue weighted by atomic mass is 16.2. The SMILES string of the molecule is CN(C)C(=N)c1ccc(CCO)cc1. The Kier molecular flexibility index (Phi) is 3.65. The lowest BCUT2D eigenvalue weighted by Gasteiger charge is -2.13. The molecule has 0 fully saturated rings. The fraction of sp³-hybridized carbons (Fsp3) is 0.364. The van der Waals surface area contributed by atoms with E-state index in [2.05, 4.69) is 0 Å². The zero-order valence-electron chi connectivity index (χ0n) is 8.62. The highest BCUT2D eigenvalue weighted by Gasteiger charge is 2.02. The summed E-state index contributed by atoms with van der Waals surface area (Å²) < 4.78 is 0. The summed E-state index contributed by atoms with van der Waals surface area (Å²) in [4.78, 5) is 1.76. The zero-order valence-corrected chi connectivity index (χ0v) is 8.62. The van der Waals surface area contributed by atoms with Gasteiger partial charge in [0.05, 0.1) is 0 Å². The molecule has 0 saturated carbocycles. The standard InChI is InChI=1S/C11H16N2O/c1-13(2)11(12)10-5-3-9(4-6-10)7-8-14/h3-6,12,14H,7-8H2,1-2H3. The first kappa shape index (κ1) is 10.7. The zero-order chi connectivity index (χ0) is 10.6. The Balaban J connectivity index is 2.78. The highest BCUT2D eigenvalue weighted by molar-refractivity contribution is 5.95. The predicted octanol–water partition coefficient (Wildman–Crippen LogP) is 1.11. The normalized spacial score (nSPS) is 9.93. The molecule has 1 rings (SSSR count). The van der Waals surface area contributed by atoms with Gasteiger partial charge in [0.1, 0.15) is 5.84 Å². The van der Waals surface area contributed by atoms with Crippen molar-refractivity contribution in [3.63, 3.8) is 0 Å². The number of aliphatic hydroxyl groups excluding tert-OH is 1. The first-order valence-electron chi connectivity index (χ1n) is 4.61. The molecular weight excluding hydrogens is 176 g/mol. The van der Waals surface area contributed by atoms with Crippen molar-refractivity contribution < 1.29 is 5.11 Å². The lowest BCUT2D eigenvalue weighted by molar-refractivity contribution is 0.299. The van der Waals surface area contributed by atoms with Crippen molar-refractivity contribution >= 4 is 5.84 Å². The van der Waals surface area contributed by atoms with Crippen molar-refractivity contribution in [3.05, 3.63) is 35.4 Å². The number of aliphatic hydroxyl groups is 1. The summed E-state index contributed by atoms with van der Waals surface area (Å²) in [5.41, 5.74) is 2.00. The largest absolute Gasteiger partial charge is 0.396 e. The third kappa shape index (κ3) is 2.57. The van der Waals surface area contributed by atoms with Crippen LogP contribution >= 0.6 is 0 Å². The molecule has 76 valence electrons. The molecule has 0 spiro atoms. The van der Waals surface area contributed by atoms with Crippen molar-refractivity contribution in [2.24, 2.45) is 0 Å². The van der Waals surface area contributed by atoms with E-state index < -0.39 is 0 Å². The molecule has 0 amide bonds. The van der Waals surface area contributed by atoms with Crippen molar-refractivity contribution in [1.82, 2.24) is 4.90 Å². The number of hydrogen-bond acceptors (Lipinski definition) is 2. The van der Waals surface area contributed by atoms with Gasteiger partial charge in [0, 0.05) is 26.3 Å². The van der Waals surface area contributed by atoms with Crippen LogP contribution in [0.2, 0.25) is 0 Å².